The lowest BCUT2D eigenvalue weighted by atomic mass is 10.1. The van der Waals surface area contributed by atoms with Crippen molar-refractivity contribution in [2.45, 2.75) is 6.04 Å². The predicted molar refractivity (Wildman–Crippen MR) is 75.2 cm³/mol. The third-order valence-corrected chi connectivity index (χ3v) is 3.16. The Labute approximate surface area is 123 Å². The summed E-state index contributed by atoms with van der Waals surface area (Å²) in [7, 11) is 1.68. The lowest BCUT2D eigenvalue weighted by Gasteiger charge is -2.13. The molecule has 1 aromatic heterocycles. The number of aliphatic carboxylic acids is 1. The Bertz CT molecular complexity index is 654. The number of carboxylic acid groups (broad SMARTS) is 1. The van der Waals surface area contributed by atoms with E-state index in [4.69, 9.17) is 0 Å². The standard InChI is InChI=1S/C13H12BrN3O3/c1-17-7-9(6-15-17)11(13(19)20)16-12(18)8-3-2-4-10(14)5-8/h2-7,11H,1H3,(H,16,18)(H,19,20). The van der Waals surface area contributed by atoms with Gasteiger partial charge in [0, 0.05) is 28.8 Å². The molecule has 1 aromatic carbocycles. The summed E-state index contributed by atoms with van der Waals surface area (Å²) in [5.41, 5.74) is 0.804. The molecule has 0 aliphatic rings. The summed E-state index contributed by atoms with van der Waals surface area (Å²) in [5.74, 6) is -1.59. The fourth-order valence-electron chi connectivity index (χ4n) is 1.72. The molecular formula is C13H12BrN3O3. The maximum absolute atomic E-state index is 12.1. The van der Waals surface area contributed by atoms with E-state index in [1.807, 2.05) is 0 Å². The van der Waals surface area contributed by atoms with Gasteiger partial charge < -0.3 is 10.4 Å². The molecule has 2 N–H and O–H groups in total. The Morgan fingerprint density at radius 1 is 1.45 bits per heavy atom. The van der Waals surface area contributed by atoms with Gasteiger partial charge in [0.15, 0.2) is 6.04 Å². The number of hydrogen-bond acceptors (Lipinski definition) is 3. The second-order valence-corrected chi connectivity index (χ2v) is 5.12. The lowest BCUT2D eigenvalue weighted by Crippen LogP contribution is -2.33. The first kappa shape index (κ1) is 14.3. The average molecular weight is 338 g/mol. The number of halogens is 1. The van der Waals surface area contributed by atoms with Crippen LogP contribution < -0.4 is 5.32 Å². The van der Waals surface area contributed by atoms with Crippen molar-refractivity contribution in [2.75, 3.05) is 0 Å². The number of nitrogens with one attached hydrogen (secondary N) is 1. The zero-order valence-corrected chi connectivity index (χ0v) is 12.2. The molecule has 0 bridgehead atoms. The maximum atomic E-state index is 12.1. The highest BCUT2D eigenvalue weighted by molar-refractivity contribution is 9.10. The minimum Gasteiger partial charge on any atom is -0.479 e. The molecule has 0 saturated heterocycles. The van der Waals surface area contributed by atoms with Gasteiger partial charge in [-0.2, -0.15) is 5.10 Å². The number of aryl methyl sites for hydroxylation is 1. The van der Waals surface area contributed by atoms with Crippen molar-refractivity contribution in [1.82, 2.24) is 15.1 Å². The van der Waals surface area contributed by atoms with Gasteiger partial charge in [-0.15, -0.1) is 0 Å². The molecule has 0 aliphatic heterocycles. The van der Waals surface area contributed by atoms with Crippen LogP contribution in [0.2, 0.25) is 0 Å². The topological polar surface area (TPSA) is 84.2 Å². The molecule has 0 radical (unpaired) electrons. The minimum atomic E-state index is -1.14. The number of carbonyl (C=O) groups excluding carboxylic acids is 1. The monoisotopic (exact) mass is 337 g/mol. The largest absolute Gasteiger partial charge is 0.479 e. The molecule has 0 aliphatic carbocycles. The number of hydrogen-bond donors (Lipinski definition) is 2. The van der Waals surface area contributed by atoms with Crippen molar-refractivity contribution in [2.24, 2.45) is 7.05 Å². The number of carbonyl (C=O) groups is 2. The van der Waals surface area contributed by atoms with E-state index in [0.29, 0.717) is 11.1 Å². The smallest absolute Gasteiger partial charge is 0.331 e. The van der Waals surface area contributed by atoms with E-state index in [1.54, 1.807) is 37.5 Å². The molecule has 0 spiro atoms. The summed E-state index contributed by atoms with van der Waals surface area (Å²) in [5, 5.41) is 15.6. The zero-order valence-electron chi connectivity index (χ0n) is 10.6. The van der Waals surface area contributed by atoms with E-state index in [-0.39, 0.29) is 0 Å². The number of carboxylic acids is 1. The van der Waals surface area contributed by atoms with Crippen molar-refractivity contribution < 1.29 is 14.7 Å². The third-order valence-electron chi connectivity index (χ3n) is 2.67. The van der Waals surface area contributed by atoms with Crippen LogP contribution in [-0.4, -0.2) is 26.8 Å². The van der Waals surface area contributed by atoms with Gasteiger partial charge in [-0.05, 0) is 18.2 Å². The second-order valence-electron chi connectivity index (χ2n) is 4.20. The minimum absolute atomic E-state index is 0.384. The van der Waals surface area contributed by atoms with Crippen molar-refractivity contribution in [3.8, 4) is 0 Å². The fraction of sp³-hybridized carbons (Fsp3) is 0.154. The summed E-state index contributed by atoms with van der Waals surface area (Å²) in [6.07, 6.45) is 2.97. The second kappa shape index (κ2) is 5.87. The molecule has 1 unspecified atom stereocenters. The zero-order chi connectivity index (χ0) is 14.7. The van der Waals surface area contributed by atoms with Crippen LogP contribution in [0.1, 0.15) is 22.0 Å². The fourth-order valence-corrected chi connectivity index (χ4v) is 2.12. The van der Waals surface area contributed by atoms with Crippen molar-refractivity contribution in [3.05, 3.63) is 52.3 Å². The lowest BCUT2D eigenvalue weighted by molar-refractivity contribution is -0.139. The van der Waals surface area contributed by atoms with Crippen LogP contribution in [0.4, 0.5) is 0 Å². The maximum Gasteiger partial charge on any atom is 0.331 e. The van der Waals surface area contributed by atoms with Crippen molar-refractivity contribution in [3.63, 3.8) is 0 Å². The SMILES string of the molecule is Cn1cc(C(NC(=O)c2cccc(Br)c2)C(=O)O)cn1. The van der Waals surface area contributed by atoms with Crippen LogP contribution in [-0.2, 0) is 11.8 Å². The summed E-state index contributed by atoms with van der Waals surface area (Å²) < 4.78 is 2.23. The van der Waals surface area contributed by atoms with E-state index in [0.717, 1.165) is 4.47 Å². The number of nitrogens with zero attached hydrogens (tertiary/aromatic N) is 2. The van der Waals surface area contributed by atoms with Gasteiger partial charge in [0.25, 0.3) is 5.91 Å². The van der Waals surface area contributed by atoms with E-state index in [1.165, 1.54) is 10.9 Å². The van der Waals surface area contributed by atoms with E-state index in [9.17, 15) is 14.7 Å². The van der Waals surface area contributed by atoms with Gasteiger partial charge in [0.2, 0.25) is 0 Å². The van der Waals surface area contributed by atoms with Gasteiger partial charge in [-0.1, -0.05) is 22.0 Å². The van der Waals surface area contributed by atoms with Crippen LogP contribution in [0.25, 0.3) is 0 Å². The molecule has 0 fully saturated rings. The Morgan fingerprint density at radius 3 is 2.75 bits per heavy atom. The number of rotatable bonds is 4. The molecule has 0 saturated carbocycles. The number of benzene rings is 1. The van der Waals surface area contributed by atoms with Gasteiger partial charge in [-0.3, -0.25) is 9.48 Å². The molecule has 2 aromatic rings. The van der Waals surface area contributed by atoms with Gasteiger partial charge in [0.05, 0.1) is 6.20 Å². The van der Waals surface area contributed by atoms with E-state index >= 15 is 0 Å². The van der Waals surface area contributed by atoms with Crippen LogP contribution in [0.15, 0.2) is 41.1 Å². The number of amides is 1. The highest BCUT2D eigenvalue weighted by Gasteiger charge is 2.24. The summed E-state index contributed by atoms with van der Waals surface area (Å²) >= 11 is 3.26. The highest BCUT2D eigenvalue weighted by Crippen LogP contribution is 2.15. The molecule has 104 valence electrons. The summed E-state index contributed by atoms with van der Waals surface area (Å²) in [6.45, 7) is 0. The molecular weight excluding hydrogens is 326 g/mol. The molecule has 7 heteroatoms. The summed E-state index contributed by atoms with van der Waals surface area (Å²) in [4.78, 5) is 23.4. The first-order valence-electron chi connectivity index (χ1n) is 5.75. The van der Waals surface area contributed by atoms with Crippen LogP contribution >= 0.6 is 15.9 Å². The quantitative estimate of drug-likeness (QED) is 0.889. The molecule has 1 amide bonds. The Balaban J connectivity index is 2.21. The highest BCUT2D eigenvalue weighted by atomic mass is 79.9. The summed E-state index contributed by atoms with van der Waals surface area (Å²) in [6, 6.07) is 5.60. The van der Waals surface area contributed by atoms with Gasteiger partial charge >= 0.3 is 5.97 Å². The van der Waals surface area contributed by atoms with E-state index in [2.05, 4.69) is 26.3 Å². The average Bonchev–Trinajstić information content (AvgIpc) is 2.81. The number of aromatic nitrogens is 2. The molecule has 1 atom stereocenters. The van der Waals surface area contributed by atoms with E-state index < -0.39 is 17.9 Å². The molecule has 2 rings (SSSR count). The molecule has 6 nitrogen and oxygen atoms in total. The normalized spacial score (nSPS) is 11.9. The van der Waals surface area contributed by atoms with Crippen LogP contribution in [0, 0.1) is 0 Å². The Kier molecular flexibility index (Phi) is 4.19. The van der Waals surface area contributed by atoms with Crippen LogP contribution in [0.3, 0.4) is 0 Å². The Morgan fingerprint density at radius 2 is 2.20 bits per heavy atom. The first-order valence-corrected chi connectivity index (χ1v) is 6.54. The van der Waals surface area contributed by atoms with Crippen molar-refractivity contribution in [1.29, 1.82) is 0 Å². The molecule has 20 heavy (non-hydrogen) atoms. The van der Waals surface area contributed by atoms with Gasteiger partial charge in [0.1, 0.15) is 0 Å². The van der Waals surface area contributed by atoms with Crippen LogP contribution in [0.5, 0.6) is 0 Å². The van der Waals surface area contributed by atoms with Crippen molar-refractivity contribution >= 4 is 27.8 Å². The predicted octanol–water partition coefficient (Wildman–Crippen LogP) is 1.74. The Hall–Kier alpha value is -2.15. The third kappa shape index (κ3) is 3.24. The van der Waals surface area contributed by atoms with Gasteiger partial charge in [-0.25, -0.2) is 4.79 Å². The first-order chi connectivity index (χ1) is 9.47. The molecule has 1 heterocycles.